The van der Waals surface area contributed by atoms with Gasteiger partial charge in [-0.2, -0.15) is 0 Å². The first-order valence-corrected chi connectivity index (χ1v) is 9.45. The van der Waals surface area contributed by atoms with E-state index in [2.05, 4.69) is 24.3 Å². The molecule has 2 aromatic rings. The van der Waals surface area contributed by atoms with E-state index in [1.165, 1.54) is 0 Å². The molecule has 1 atom stereocenters. The Morgan fingerprint density at radius 1 is 1.41 bits per heavy atom. The van der Waals surface area contributed by atoms with Crippen LogP contribution in [0.4, 0.5) is 5.82 Å². The fraction of sp³-hybridized carbons (Fsp3) is 0.500. The van der Waals surface area contributed by atoms with Crippen LogP contribution in [0.5, 0.6) is 0 Å². The summed E-state index contributed by atoms with van der Waals surface area (Å²) in [5, 5.41) is 7.85. The van der Waals surface area contributed by atoms with Gasteiger partial charge in [-0.15, -0.1) is 0 Å². The van der Waals surface area contributed by atoms with Crippen LogP contribution >= 0.6 is 11.6 Å². The number of amides is 1. The Bertz CT molecular complexity index is 801. The minimum Gasteiger partial charge on any atom is -0.383 e. The number of halogens is 1. The van der Waals surface area contributed by atoms with Gasteiger partial charge in [-0.1, -0.05) is 30.6 Å². The molecule has 1 saturated carbocycles. The Hall–Kier alpha value is -2.05. The number of hydrogen-bond acceptors (Lipinski definition) is 5. The minimum atomic E-state index is -0.108. The molecule has 1 amide bonds. The molecule has 1 fully saturated rings. The zero-order valence-electron chi connectivity index (χ0n) is 16.2. The Labute approximate surface area is 164 Å². The van der Waals surface area contributed by atoms with Gasteiger partial charge in [-0.3, -0.25) is 4.79 Å². The van der Waals surface area contributed by atoms with Crippen LogP contribution in [-0.2, 0) is 4.74 Å². The van der Waals surface area contributed by atoms with Gasteiger partial charge in [0.05, 0.1) is 6.61 Å². The van der Waals surface area contributed by atoms with Crippen molar-refractivity contribution in [1.82, 2.24) is 10.1 Å². The van der Waals surface area contributed by atoms with E-state index in [0.29, 0.717) is 53.2 Å². The first-order chi connectivity index (χ1) is 12.8. The van der Waals surface area contributed by atoms with E-state index in [1.54, 1.807) is 24.1 Å². The van der Waals surface area contributed by atoms with Crippen LogP contribution in [0.2, 0.25) is 5.02 Å². The van der Waals surface area contributed by atoms with E-state index >= 15 is 0 Å². The maximum Gasteiger partial charge on any atom is 0.261 e. The van der Waals surface area contributed by atoms with Crippen LogP contribution in [0.25, 0.3) is 11.3 Å². The van der Waals surface area contributed by atoms with Crippen molar-refractivity contribution in [3.63, 3.8) is 0 Å². The predicted octanol–water partition coefficient (Wildman–Crippen LogP) is 4.17. The fourth-order valence-corrected chi connectivity index (χ4v) is 3.30. The molecular weight excluding hydrogens is 366 g/mol. The van der Waals surface area contributed by atoms with Gasteiger partial charge in [0.2, 0.25) is 0 Å². The summed E-state index contributed by atoms with van der Waals surface area (Å²) in [4.78, 5) is 15.0. The van der Waals surface area contributed by atoms with Gasteiger partial charge in [0, 0.05) is 37.8 Å². The molecule has 1 N–H and O–H groups in total. The number of carbonyl (C=O) groups excluding carboxylic acids is 1. The van der Waals surface area contributed by atoms with Crippen molar-refractivity contribution in [2.24, 2.45) is 11.3 Å². The number of hydrogen-bond donors (Lipinski definition) is 1. The number of nitrogens with zero attached hydrogens (tertiary/aromatic N) is 2. The zero-order chi connectivity index (χ0) is 19.6. The number of nitrogens with one attached hydrogen (secondary N) is 1. The van der Waals surface area contributed by atoms with Crippen LogP contribution in [0.3, 0.4) is 0 Å². The number of aromatic nitrogens is 1. The second kappa shape index (κ2) is 7.90. The molecule has 0 spiro atoms. The van der Waals surface area contributed by atoms with Crippen molar-refractivity contribution in [3.05, 3.63) is 34.9 Å². The summed E-state index contributed by atoms with van der Waals surface area (Å²) in [5.74, 6) is 1.29. The molecule has 1 aromatic carbocycles. The predicted molar refractivity (Wildman–Crippen MR) is 106 cm³/mol. The van der Waals surface area contributed by atoms with Gasteiger partial charge in [0.15, 0.2) is 11.6 Å². The van der Waals surface area contributed by atoms with Crippen LogP contribution in [0, 0.1) is 11.3 Å². The third-order valence-electron chi connectivity index (χ3n) is 5.17. The van der Waals surface area contributed by atoms with Crippen LogP contribution in [0.15, 0.2) is 28.8 Å². The lowest BCUT2D eigenvalue weighted by Gasteiger charge is -2.18. The number of benzene rings is 1. The fourth-order valence-electron chi connectivity index (χ4n) is 3.17. The number of carbonyl (C=O) groups is 1. The van der Waals surface area contributed by atoms with E-state index in [1.807, 2.05) is 19.2 Å². The maximum atomic E-state index is 13.2. The molecule has 7 heteroatoms. The van der Waals surface area contributed by atoms with E-state index < -0.39 is 0 Å². The zero-order valence-corrected chi connectivity index (χ0v) is 17.0. The molecule has 0 radical (unpaired) electrons. The molecule has 27 heavy (non-hydrogen) atoms. The van der Waals surface area contributed by atoms with E-state index in [4.69, 9.17) is 20.9 Å². The third kappa shape index (κ3) is 4.45. The average molecular weight is 392 g/mol. The van der Waals surface area contributed by atoms with Crippen LogP contribution in [-0.4, -0.2) is 49.8 Å². The summed E-state index contributed by atoms with van der Waals surface area (Å²) >= 11 is 5.98. The van der Waals surface area contributed by atoms with Gasteiger partial charge < -0.3 is 19.5 Å². The second-order valence-electron chi connectivity index (χ2n) is 7.74. The Kier molecular flexibility index (Phi) is 5.77. The van der Waals surface area contributed by atoms with E-state index in [-0.39, 0.29) is 5.91 Å². The normalized spacial score (nSPS) is 17.6. The highest BCUT2D eigenvalue weighted by Crippen LogP contribution is 2.51. The van der Waals surface area contributed by atoms with Gasteiger partial charge >= 0.3 is 0 Å². The highest BCUT2D eigenvalue weighted by molar-refractivity contribution is 6.30. The second-order valence-corrected chi connectivity index (χ2v) is 8.17. The molecular formula is C20H26ClN3O3. The summed E-state index contributed by atoms with van der Waals surface area (Å²) in [5.41, 5.74) is 1.51. The van der Waals surface area contributed by atoms with Crippen LogP contribution in [0.1, 0.15) is 30.6 Å². The molecule has 0 bridgehead atoms. The lowest BCUT2D eigenvalue weighted by Crippen LogP contribution is -2.30. The lowest BCUT2D eigenvalue weighted by molar-refractivity contribution is 0.0785. The molecule has 1 unspecified atom stereocenters. The van der Waals surface area contributed by atoms with Crippen molar-refractivity contribution >= 4 is 23.3 Å². The number of anilines is 1. The molecule has 146 valence electrons. The van der Waals surface area contributed by atoms with Crippen molar-refractivity contribution in [2.45, 2.75) is 20.3 Å². The first kappa shape index (κ1) is 19.7. The molecule has 0 aliphatic heterocycles. The summed E-state index contributed by atoms with van der Waals surface area (Å²) < 4.78 is 10.6. The Morgan fingerprint density at radius 2 is 2.07 bits per heavy atom. The van der Waals surface area contributed by atoms with Gasteiger partial charge in [-0.05, 0) is 42.0 Å². The van der Waals surface area contributed by atoms with Crippen molar-refractivity contribution in [1.29, 1.82) is 0 Å². The SMILES string of the molecule is COCCNc1noc(-c2ccc(Cl)cc2)c1C(=O)N(C)CC1CC1(C)C. The first-order valence-electron chi connectivity index (χ1n) is 9.07. The molecule has 0 saturated heterocycles. The Morgan fingerprint density at radius 3 is 2.67 bits per heavy atom. The topological polar surface area (TPSA) is 67.6 Å². The smallest absolute Gasteiger partial charge is 0.261 e. The van der Waals surface area contributed by atoms with Crippen LogP contribution < -0.4 is 5.32 Å². The summed E-state index contributed by atoms with van der Waals surface area (Å²) in [6.07, 6.45) is 1.14. The van der Waals surface area contributed by atoms with Gasteiger partial charge in [0.1, 0.15) is 5.56 Å². The molecule has 1 aromatic heterocycles. The standard InChI is InChI=1S/C20H26ClN3O3/c1-20(2)11-14(20)12-24(3)19(25)16-17(13-5-7-15(21)8-6-13)27-23-18(16)22-9-10-26-4/h5-8,14H,9-12H2,1-4H3,(H,22,23). The number of ether oxygens (including phenoxy) is 1. The molecule has 1 heterocycles. The highest BCUT2D eigenvalue weighted by atomic mass is 35.5. The molecule has 1 aliphatic carbocycles. The summed E-state index contributed by atoms with van der Waals surface area (Å²) in [7, 11) is 3.45. The quantitative estimate of drug-likeness (QED) is 0.684. The minimum absolute atomic E-state index is 0.108. The third-order valence-corrected chi connectivity index (χ3v) is 5.42. The molecule has 6 nitrogen and oxygen atoms in total. The van der Waals surface area contributed by atoms with E-state index in [0.717, 1.165) is 12.0 Å². The monoisotopic (exact) mass is 391 g/mol. The number of methoxy groups -OCH3 is 1. The van der Waals surface area contributed by atoms with Crippen molar-refractivity contribution in [3.8, 4) is 11.3 Å². The van der Waals surface area contributed by atoms with Gasteiger partial charge in [-0.25, -0.2) is 0 Å². The average Bonchev–Trinajstić information content (AvgIpc) is 3.04. The largest absolute Gasteiger partial charge is 0.383 e. The maximum absolute atomic E-state index is 13.2. The molecule has 1 aliphatic rings. The Balaban J connectivity index is 1.88. The van der Waals surface area contributed by atoms with Crippen molar-refractivity contribution < 1.29 is 14.1 Å². The number of rotatable bonds is 8. The van der Waals surface area contributed by atoms with Gasteiger partial charge in [0.25, 0.3) is 5.91 Å². The summed E-state index contributed by atoms with van der Waals surface area (Å²) in [6, 6.07) is 7.18. The summed E-state index contributed by atoms with van der Waals surface area (Å²) in [6.45, 7) is 6.21. The van der Waals surface area contributed by atoms with E-state index in [9.17, 15) is 4.79 Å². The lowest BCUT2D eigenvalue weighted by atomic mass is 10.1. The van der Waals surface area contributed by atoms with Crippen molar-refractivity contribution in [2.75, 3.05) is 39.2 Å². The highest BCUT2D eigenvalue weighted by Gasteiger charge is 2.46. The molecule has 3 rings (SSSR count).